The summed E-state index contributed by atoms with van der Waals surface area (Å²) < 4.78 is 44.4. The first-order chi connectivity index (χ1) is 9.86. The molecule has 0 fully saturated rings. The molecule has 1 N–H and O–H groups in total. The monoisotopic (exact) mass is 301 g/mol. The summed E-state index contributed by atoms with van der Waals surface area (Å²) in [5.74, 6) is -1.20. The van der Waals surface area contributed by atoms with E-state index in [-0.39, 0.29) is 17.1 Å². The number of benzene rings is 1. The molecule has 1 aromatic carbocycles. The maximum atomic E-state index is 13.0. The molecule has 0 aliphatic carbocycles. The molecule has 112 valence electrons. The molecule has 0 spiro atoms. The lowest BCUT2D eigenvalue weighted by Gasteiger charge is -2.13. The number of carbonyl (C=O) groups excluding carboxylic acids is 1. The number of aromatic nitrogens is 3. The molecular weight excluding hydrogens is 291 g/mol. The summed E-state index contributed by atoms with van der Waals surface area (Å²) in [6.07, 6.45) is -3.66. The van der Waals surface area contributed by atoms with Crippen LogP contribution in [0.4, 0.5) is 13.2 Å². The molecule has 0 bridgehead atoms. The second-order valence-corrected chi connectivity index (χ2v) is 4.01. The van der Waals surface area contributed by atoms with E-state index in [1.165, 1.54) is 6.07 Å². The SMILES string of the molecule is COC(=O)c1ncn(-c2ccc(CO)cc2C(F)(F)F)n1. The van der Waals surface area contributed by atoms with Gasteiger partial charge in [-0.05, 0) is 17.7 Å². The second kappa shape index (κ2) is 5.52. The summed E-state index contributed by atoms with van der Waals surface area (Å²) in [5.41, 5.74) is -1.18. The standard InChI is InChI=1S/C12H10F3N3O3/c1-21-11(20)10-16-6-18(17-10)9-3-2-7(5-19)4-8(9)12(13,14)15/h2-4,6,19H,5H2,1H3. The molecule has 1 aromatic heterocycles. The van der Waals surface area contributed by atoms with Crippen molar-refractivity contribution in [3.63, 3.8) is 0 Å². The minimum atomic E-state index is -4.64. The highest BCUT2D eigenvalue weighted by atomic mass is 19.4. The zero-order chi connectivity index (χ0) is 15.6. The Balaban J connectivity index is 2.53. The van der Waals surface area contributed by atoms with Gasteiger partial charge in [0, 0.05) is 0 Å². The van der Waals surface area contributed by atoms with E-state index in [4.69, 9.17) is 5.11 Å². The van der Waals surface area contributed by atoms with Gasteiger partial charge in [-0.1, -0.05) is 6.07 Å². The number of hydrogen-bond acceptors (Lipinski definition) is 5. The fraction of sp³-hybridized carbons (Fsp3) is 0.250. The zero-order valence-corrected chi connectivity index (χ0v) is 10.8. The van der Waals surface area contributed by atoms with Crippen LogP contribution in [0, 0.1) is 0 Å². The summed E-state index contributed by atoms with van der Waals surface area (Å²) in [6.45, 7) is -0.520. The van der Waals surface area contributed by atoms with E-state index in [1.54, 1.807) is 0 Å². The van der Waals surface area contributed by atoms with Gasteiger partial charge in [0.15, 0.2) is 0 Å². The number of methoxy groups -OCH3 is 1. The highest BCUT2D eigenvalue weighted by molar-refractivity contribution is 5.84. The Hall–Kier alpha value is -2.42. The summed E-state index contributed by atoms with van der Waals surface area (Å²) in [6, 6.07) is 3.28. The minimum Gasteiger partial charge on any atom is -0.463 e. The summed E-state index contributed by atoms with van der Waals surface area (Å²) >= 11 is 0. The van der Waals surface area contributed by atoms with Crippen LogP contribution in [0.5, 0.6) is 0 Å². The Labute approximate surface area is 116 Å². The van der Waals surface area contributed by atoms with Crippen molar-refractivity contribution in [3.8, 4) is 5.69 Å². The van der Waals surface area contributed by atoms with E-state index in [9.17, 15) is 18.0 Å². The van der Waals surface area contributed by atoms with E-state index < -0.39 is 24.3 Å². The van der Waals surface area contributed by atoms with Crippen LogP contribution in [0.2, 0.25) is 0 Å². The lowest BCUT2D eigenvalue weighted by atomic mass is 10.1. The van der Waals surface area contributed by atoms with Crippen molar-refractivity contribution in [1.29, 1.82) is 0 Å². The Morgan fingerprint density at radius 2 is 2.14 bits per heavy atom. The van der Waals surface area contributed by atoms with Crippen LogP contribution in [-0.2, 0) is 17.5 Å². The summed E-state index contributed by atoms with van der Waals surface area (Å²) in [4.78, 5) is 14.8. The van der Waals surface area contributed by atoms with Gasteiger partial charge in [0.2, 0.25) is 0 Å². The Morgan fingerprint density at radius 1 is 1.43 bits per heavy atom. The Bertz CT molecular complexity index is 667. The molecule has 6 nitrogen and oxygen atoms in total. The van der Waals surface area contributed by atoms with E-state index in [0.717, 1.165) is 30.3 Å². The number of rotatable bonds is 3. The number of aliphatic hydroxyl groups is 1. The maximum absolute atomic E-state index is 13.0. The average molecular weight is 301 g/mol. The van der Waals surface area contributed by atoms with Crippen molar-refractivity contribution in [2.45, 2.75) is 12.8 Å². The van der Waals surface area contributed by atoms with Crippen LogP contribution in [-0.4, -0.2) is 33.0 Å². The highest BCUT2D eigenvalue weighted by Crippen LogP contribution is 2.34. The lowest BCUT2D eigenvalue weighted by molar-refractivity contribution is -0.137. The van der Waals surface area contributed by atoms with Crippen molar-refractivity contribution in [2.75, 3.05) is 7.11 Å². The Morgan fingerprint density at radius 3 is 2.71 bits per heavy atom. The van der Waals surface area contributed by atoms with Gasteiger partial charge >= 0.3 is 12.1 Å². The molecule has 0 aliphatic heterocycles. The van der Waals surface area contributed by atoms with E-state index in [1.807, 2.05) is 0 Å². The van der Waals surface area contributed by atoms with Crippen LogP contribution in [0.1, 0.15) is 21.7 Å². The number of aliphatic hydroxyl groups excluding tert-OH is 1. The van der Waals surface area contributed by atoms with Gasteiger partial charge in [0.25, 0.3) is 5.82 Å². The molecule has 1 heterocycles. The molecule has 0 aliphatic rings. The minimum absolute atomic E-state index is 0.111. The molecule has 0 saturated heterocycles. The Kier molecular flexibility index (Phi) is 3.94. The van der Waals surface area contributed by atoms with Gasteiger partial charge in [0.05, 0.1) is 25.0 Å². The smallest absolute Gasteiger partial charge is 0.418 e. The van der Waals surface area contributed by atoms with Gasteiger partial charge in [-0.15, -0.1) is 5.10 Å². The van der Waals surface area contributed by atoms with E-state index in [2.05, 4.69) is 14.8 Å². The molecule has 0 saturated carbocycles. The molecular formula is C12H10F3N3O3. The number of alkyl halides is 3. The zero-order valence-electron chi connectivity index (χ0n) is 10.8. The third-order valence-electron chi connectivity index (χ3n) is 2.66. The van der Waals surface area contributed by atoms with Crippen LogP contribution in [0.25, 0.3) is 5.69 Å². The van der Waals surface area contributed by atoms with Crippen LogP contribution < -0.4 is 0 Å². The predicted molar refractivity (Wildman–Crippen MR) is 63.6 cm³/mol. The number of nitrogens with zero attached hydrogens (tertiary/aromatic N) is 3. The van der Waals surface area contributed by atoms with Gasteiger partial charge in [-0.3, -0.25) is 0 Å². The van der Waals surface area contributed by atoms with Crippen LogP contribution >= 0.6 is 0 Å². The van der Waals surface area contributed by atoms with Crippen molar-refractivity contribution in [1.82, 2.24) is 14.8 Å². The van der Waals surface area contributed by atoms with Crippen LogP contribution in [0.15, 0.2) is 24.5 Å². The normalized spacial score (nSPS) is 11.5. The molecule has 2 rings (SSSR count). The molecule has 0 radical (unpaired) electrons. The second-order valence-electron chi connectivity index (χ2n) is 4.01. The molecule has 0 amide bonds. The average Bonchev–Trinajstić information content (AvgIpc) is 2.94. The number of esters is 1. The van der Waals surface area contributed by atoms with Crippen molar-refractivity contribution in [2.24, 2.45) is 0 Å². The fourth-order valence-corrected chi connectivity index (χ4v) is 1.67. The maximum Gasteiger partial charge on any atom is 0.418 e. The third-order valence-corrected chi connectivity index (χ3v) is 2.66. The first-order valence-electron chi connectivity index (χ1n) is 5.68. The first-order valence-corrected chi connectivity index (χ1v) is 5.68. The fourth-order valence-electron chi connectivity index (χ4n) is 1.67. The third kappa shape index (κ3) is 3.02. The van der Waals surface area contributed by atoms with Gasteiger partial charge in [0.1, 0.15) is 6.33 Å². The quantitative estimate of drug-likeness (QED) is 0.871. The predicted octanol–water partition coefficient (Wildman–Crippen LogP) is 1.56. The van der Waals surface area contributed by atoms with Crippen molar-refractivity contribution >= 4 is 5.97 Å². The largest absolute Gasteiger partial charge is 0.463 e. The first kappa shape index (κ1) is 15.0. The van der Waals surface area contributed by atoms with Gasteiger partial charge in [-0.25, -0.2) is 14.5 Å². The number of halogens is 3. The summed E-state index contributed by atoms with van der Waals surface area (Å²) in [5, 5.41) is 12.6. The van der Waals surface area contributed by atoms with E-state index in [0.29, 0.717) is 0 Å². The van der Waals surface area contributed by atoms with Crippen molar-refractivity contribution in [3.05, 3.63) is 41.5 Å². The molecule has 2 aromatic rings. The van der Waals surface area contributed by atoms with Gasteiger partial charge < -0.3 is 9.84 Å². The topological polar surface area (TPSA) is 77.2 Å². The molecule has 21 heavy (non-hydrogen) atoms. The molecule has 0 atom stereocenters. The number of ether oxygens (including phenoxy) is 1. The molecule has 0 unspecified atom stereocenters. The van der Waals surface area contributed by atoms with Crippen LogP contribution in [0.3, 0.4) is 0 Å². The summed E-state index contributed by atoms with van der Waals surface area (Å²) in [7, 11) is 1.11. The van der Waals surface area contributed by atoms with Gasteiger partial charge in [-0.2, -0.15) is 13.2 Å². The lowest BCUT2D eigenvalue weighted by Crippen LogP contribution is -2.12. The molecule has 9 heteroatoms. The van der Waals surface area contributed by atoms with Crippen molar-refractivity contribution < 1.29 is 27.8 Å². The number of hydrogen-bond donors (Lipinski definition) is 1. The van der Waals surface area contributed by atoms with E-state index >= 15 is 0 Å². The number of carbonyl (C=O) groups is 1. The highest BCUT2D eigenvalue weighted by Gasteiger charge is 2.34.